The molecular weight excluding hydrogens is 180 g/mol. The maximum atomic E-state index is 9.67. The van der Waals surface area contributed by atoms with Crippen molar-refractivity contribution < 1.29 is 12.9 Å². The summed E-state index contributed by atoms with van der Waals surface area (Å²) in [6.45, 7) is 0. The minimum atomic E-state index is -3.67. The van der Waals surface area contributed by atoms with Crippen LogP contribution < -0.4 is 0 Å². The Morgan fingerprint density at radius 3 is 2.38 bits per heavy atom. The predicted molar refractivity (Wildman–Crippen MR) is 45.2 cm³/mol. The summed E-state index contributed by atoms with van der Waals surface area (Å²) < 4.78 is 29.0. The molecule has 0 fully saturated rings. The average molecular weight is 186 g/mol. The zero-order valence-electron chi connectivity index (χ0n) is 6.55. The van der Waals surface area contributed by atoms with E-state index in [4.69, 9.17) is 0 Å². The lowest BCUT2D eigenvalue weighted by Gasteiger charge is -1.81. The van der Waals surface area contributed by atoms with Gasteiger partial charge in [-0.15, -0.1) is 0 Å². The number of halogens is 3. The van der Waals surface area contributed by atoms with Crippen LogP contribution in [0.4, 0.5) is 12.9 Å². The summed E-state index contributed by atoms with van der Waals surface area (Å²) >= 11 is 0. The average Bonchev–Trinajstić information content (AvgIpc) is 2.49. The highest BCUT2D eigenvalue weighted by Gasteiger charge is 2.06. The fourth-order valence-electron chi connectivity index (χ4n) is 0.880. The monoisotopic (exact) mass is 186 g/mol. The second-order valence-electron chi connectivity index (χ2n) is 2.17. The summed E-state index contributed by atoms with van der Waals surface area (Å²) in [7, 11) is -3.67. The third-order valence-corrected chi connectivity index (χ3v) is 1.33. The summed E-state index contributed by atoms with van der Waals surface area (Å²) in [5, 5.41) is 0. The van der Waals surface area contributed by atoms with Crippen molar-refractivity contribution in [1.82, 2.24) is 9.97 Å². The van der Waals surface area contributed by atoms with E-state index in [0.717, 1.165) is 11.0 Å². The van der Waals surface area contributed by atoms with E-state index in [-0.39, 0.29) is 0 Å². The van der Waals surface area contributed by atoms with Gasteiger partial charge in [0.2, 0.25) is 0 Å². The van der Waals surface area contributed by atoms with E-state index in [1.807, 2.05) is 24.3 Å². The van der Waals surface area contributed by atoms with Gasteiger partial charge in [-0.05, 0) is 12.1 Å². The molecule has 13 heavy (non-hydrogen) atoms. The van der Waals surface area contributed by atoms with Crippen molar-refractivity contribution in [2.75, 3.05) is 0 Å². The molecule has 0 bridgehead atoms. The van der Waals surface area contributed by atoms with Gasteiger partial charge in [0.25, 0.3) is 0 Å². The molecule has 0 aliphatic heterocycles. The van der Waals surface area contributed by atoms with Gasteiger partial charge in [-0.2, -0.15) is 0 Å². The van der Waals surface area contributed by atoms with E-state index in [1.165, 1.54) is 0 Å². The van der Waals surface area contributed by atoms with Crippen LogP contribution in [0, 0.1) is 0 Å². The third kappa shape index (κ3) is 3.19. The number of aromatic amines is 1. The smallest absolute Gasteiger partial charge is 0.345 e. The molecule has 0 saturated carbocycles. The molecule has 0 spiro atoms. The van der Waals surface area contributed by atoms with Crippen LogP contribution in [0.15, 0.2) is 30.6 Å². The fourth-order valence-corrected chi connectivity index (χ4v) is 0.880. The molecule has 0 aliphatic rings. The quantitative estimate of drug-likeness (QED) is 0.628. The van der Waals surface area contributed by atoms with Gasteiger partial charge in [0, 0.05) is 0 Å². The van der Waals surface area contributed by atoms with Crippen LogP contribution in [0.3, 0.4) is 0 Å². The molecule has 0 radical (unpaired) electrons. The first-order valence-corrected chi connectivity index (χ1v) is 3.50. The van der Waals surface area contributed by atoms with Crippen LogP contribution in [0.5, 0.6) is 0 Å². The van der Waals surface area contributed by atoms with Gasteiger partial charge in [-0.1, -0.05) is 12.1 Å². The highest BCUT2D eigenvalue weighted by Crippen LogP contribution is 2.05. The molecule has 0 atom stereocenters. The number of hydrogen-bond acceptors (Lipinski definition) is 1. The Balaban J connectivity index is 0.000000184. The molecule has 68 valence electrons. The first-order valence-electron chi connectivity index (χ1n) is 3.50. The molecule has 1 N–H and O–H groups in total. The number of para-hydroxylation sites is 2. The van der Waals surface area contributed by atoms with Crippen molar-refractivity contribution >= 4 is 18.6 Å². The SMILES string of the molecule is FB(F)F.c1ccc2[nH]cnc2c1. The number of nitrogens with one attached hydrogen (secondary N) is 1. The van der Waals surface area contributed by atoms with Crippen molar-refractivity contribution in [2.45, 2.75) is 0 Å². The molecule has 1 aromatic carbocycles. The number of H-pyrrole nitrogens is 1. The molecule has 0 saturated heterocycles. The Labute approximate surface area is 73.0 Å². The zero-order valence-corrected chi connectivity index (χ0v) is 6.55. The van der Waals surface area contributed by atoms with Gasteiger partial charge in [0.15, 0.2) is 0 Å². The first-order chi connectivity index (χ1) is 6.20. The van der Waals surface area contributed by atoms with Gasteiger partial charge in [-0.25, -0.2) is 4.98 Å². The van der Waals surface area contributed by atoms with Crippen LogP contribution in [0.2, 0.25) is 0 Å². The molecule has 1 heterocycles. The van der Waals surface area contributed by atoms with Gasteiger partial charge < -0.3 is 4.98 Å². The van der Waals surface area contributed by atoms with E-state index in [2.05, 4.69) is 9.97 Å². The summed E-state index contributed by atoms with van der Waals surface area (Å²) in [6, 6.07) is 7.94. The molecule has 2 nitrogen and oxygen atoms in total. The summed E-state index contributed by atoms with van der Waals surface area (Å²) in [6.07, 6.45) is 1.70. The normalized spacial score (nSPS) is 9.15. The van der Waals surface area contributed by atoms with Crippen molar-refractivity contribution in [1.29, 1.82) is 0 Å². The number of rotatable bonds is 0. The van der Waals surface area contributed by atoms with Crippen LogP contribution in [0.25, 0.3) is 11.0 Å². The number of hydrogen-bond donors (Lipinski definition) is 1. The topological polar surface area (TPSA) is 28.7 Å². The summed E-state index contributed by atoms with van der Waals surface area (Å²) in [5.74, 6) is 0. The molecule has 0 unspecified atom stereocenters. The number of imidazole rings is 1. The second-order valence-corrected chi connectivity index (χ2v) is 2.17. The minimum Gasteiger partial charge on any atom is -0.345 e. The number of benzene rings is 1. The summed E-state index contributed by atoms with van der Waals surface area (Å²) in [4.78, 5) is 7.07. The van der Waals surface area contributed by atoms with E-state index in [0.29, 0.717) is 0 Å². The molecule has 6 heteroatoms. The van der Waals surface area contributed by atoms with Gasteiger partial charge in [0.05, 0.1) is 17.4 Å². The standard InChI is InChI=1S/C7H6N2.BF3/c1-2-4-7-6(3-1)8-5-9-7;2-1(3)4/h1-5H,(H,8,9);. The van der Waals surface area contributed by atoms with E-state index in [9.17, 15) is 12.9 Å². The van der Waals surface area contributed by atoms with E-state index < -0.39 is 7.54 Å². The zero-order chi connectivity index (χ0) is 9.68. The maximum absolute atomic E-state index is 9.67. The number of aromatic nitrogens is 2. The lowest BCUT2D eigenvalue weighted by atomic mass is 10.3. The maximum Gasteiger partial charge on any atom is 0.762 e. The van der Waals surface area contributed by atoms with Gasteiger partial charge >= 0.3 is 7.54 Å². The Morgan fingerprint density at radius 1 is 1.15 bits per heavy atom. The van der Waals surface area contributed by atoms with Crippen molar-refractivity contribution in [2.24, 2.45) is 0 Å². The van der Waals surface area contributed by atoms with Crippen LogP contribution in [-0.2, 0) is 0 Å². The van der Waals surface area contributed by atoms with Crippen molar-refractivity contribution in [3.63, 3.8) is 0 Å². The lowest BCUT2D eigenvalue weighted by molar-refractivity contribution is 0.535. The third-order valence-electron chi connectivity index (χ3n) is 1.33. The number of fused-ring (bicyclic) bond motifs is 1. The fraction of sp³-hybridized carbons (Fsp3) is 0. The molecule has 2 rings (SSSR count). The highest BCUT2D eigenvalue weighted by atomic mass is 19.4. The van der Waals surface area contributed by atoms with E-state index in [1.54, 1.807) is 6.33 Å². The molecular formula is C7H6BF3N2. The Bertz CT molecular complexity index is 330. The molecule has 0 aliphatic carbocycles. The van der Waals surface area contributed by atoms with Crippen molar-refractivity contribution in [3.05, 3.63) is 30.6 Å². The largest absolute Gasteiger partial charge is 0.762 e. The highest BCUT2D eigenvalue weighted by molar-refractivity contribution is 6.33. The Hall–Kier alpha value is -1.46. The number of nitrogens with zero attached hydrogens (tertiary/aromatic N) is 1. The minimum absolute atomic E-state index is 1.03. The molecule has 1 aromatic heterocycles. The lowest BCUT2D eigenvalue weighted by Crippen LogP contribution is -1.76. The summed E-state index contributed by atoms with van der Waals surface area (Å²) in [5.41, 5.74) is 2.12. The van der Waals surface area contributed by atoms with Crippen LogP contribution in [-0.4, -0.2) is 17.5 Å². The van der Waals surface area contributed by atoms with Gasteiger partial charge in [0.1, 0.15) is 0 Å². The van der Waals surface area contributed by atoms with E-state index >= 15 is 0 Å². The van der Waals surface area contributed by atoms with Crippen LogP contribution in [0.1, 0.15) is 0 Å². The molecule has 0 amide bonds. The predicted octanol–water partition coefficient (Wildman–Crippen LogP) is 2.44. The second kappa shape index (κ2) is 4.54. The van der Waals surface area contributed by atoms with Crippen molar-refractivity contribution in [3.8, 4) is 0 Å². The Morgan fingerprint density at radius 2 is 1.77 bits per heavy atom. The first kappa shape index (κ1) is 9.63. The Kier molecular flexibility index (Phi) is 3.36. The molecule has 2 aromatic rings. The van der Waals surface area contributed by atoms with Crippen LogP contribution >= 0.6 is 0 Å². The van der Waals surface area contributed by atoms with Gasteiger partial charge in [-0.3, -0.25) is 12.9 Å².